The van der Waals surface area contributed by atoms with Crippen LogP contribution in [0.1, 0.15) is 24.0 Å². The highest BCUT2D eigenvalue weighted by molar-refractivity contribution is 5.75. The average Bonchev–Trinajstić information content (AvgIpc) is 2.75. The number of carbonyl (C=O) groups is 2. The van der Waals surface area contributed by atoms with E-state index in [0.29, 0.717) is 6.54 Å². The third kappa shape index (κ3) is 9.09. The Bertz CT molecular complexity index is 851. The fourth-order valence-electron chi connectivity index (χ4n) is 3.12. The zero-order valence-corrected chi connectivity index (χ0v) is 18.3. The lowest BCUT2D eigenvalue weighted by Gasteiger charge is -2.22. The van der Waals surface area contributed by atoms with Gasteiger partial charge in [-0.25, -0.2) is 0 Å². The summed E-state index contributed by atoms with van der Waals surface area (Å²) in [5.74, 6) is -0.290. The summed E-state index contributed by atoms with van der Waals surface area (Å²) >= 11 is 0. The van der Waals surface area contributed by atoms with Gasteiger partial charge >= 0.3 is 5.97 Å². The Morgan fingerprint density at radius 3 is 2.52 bits per heavy atom. The number of benzene rings is 2. The number of hydrogen-bond acceptors (Lipinski definition) is 7. The SMILES string of the molecule is COc1cccc(CCc2ccccc2OC[C@@H](CN(C)C)OC(=O)CCC(=O)[O-])c1. The fourth-order valence-corrected chi connectivity index (χ4v) is 3.12. The third-order valence-electron chi connectivity index (χ3n) is 4.61. The molecule has 1 atom stereocenters. The molecule has 0 saturated heterocycles. The molecule has 0 aliphatic rings. The first kappa shape index (κ1) is 24.2. The molecule has 0 amide bonds. The Balaban J connectivity index is 1.98. The summed E-state index contributed by atoms with van der Waals surface area (Å²) < 4.78 is 16.7. The normalized spacial score (nSPS) is 11.7. The molecular weight excluding hydrogens is 398 g/mol. The van der Waals surface area contributed by atoms with Crippen molar-refractivity contribution < 1.29 is 28.9 Å². The second-order valence-electron chi connectivity index (χ2n) is 7.52. The summed E-state index contributed by atoms with van der Waals surface area (Å²) in [7, 11) is 5.38. The molecule has 7 nitrogen and oxygen atoms in total. The standard InChI is InChI=1S/C24H31NO6/c1-25(2)16-21(31-24(28)14-13-23(26)27)17-30-22-10-5-4-8-19(22)12-11-18-7-6-9-20(15-18)29-3/h4-10,15,21H,11-14,16-17H2,1-3H3,(H,26,27)/p-1/t21-/m1/s1. The number of carboxylic acids is 1. The van der Waals surface area contributed by atoms with Crippen LogP contribution in [0.25, 0.3) is 0 Å². The molecule has 0 saturated carbocycles. The van der Waals surface area contributed by atoms with Crippen molar-refractivity contribution >= 4 is 11.9 Å². The Morgan fingerprint density at radius 1 is 1.03 bits per heavy atom. The third-order valence-corrected chi connectivity index (χ3v) is 4.61. The number of aliphatic carboxylic acids is 1. The second-order valence-corrected chi connectivity index (χ2v) is 7.52. The molecule has 2 rings (SSSR count). The largest absolute Gasteiger partial charge is 0.550 e. The van der Waals surface area contributed by atoms with Crippen molar-refractivity contribution in [3.63, 3.8) is 0 Å². The maximum Gasteiger partial charge on any atom is 0.306 e. The number of aryl methyl sites for hydroxylation is 2. The molecule has 2 aromatic carbocycles. The minimum atomic E-state index is -1.28. The van der Waals surface area contributed by atoms with Crippen LogP contribution >= 0.6 is 0 Å². The Morgan fingerprint density at radius 2 is 1.81 bits per heavy atom. The van der Waals surface area contributed by atoms with Crippen molar-refractivity contribution in [2.75, 3.05) is 34.4 Å². The first-order valence-electron chi connectivity index (χ1n) is 10.2. The number of carbonyl (C=O) groups excluding carboxylic acids is 2. The van der Waals surface area contributed by atoms with Crippen LogP contribution < -0.4 is 14.6 Å². The quantitative estimate of drug-likeness (QED) is 0.450. The molecule has 0 heterocycles. The van der Waals surface area contributed by atoms with Crippen LogP contribution in [0.4, 0.5) is 0 Å². The minimum Gasteiger partial charge on any atom is -0.550 e. The summed E-state index contributed by atoms with van der Waals surface area (Å²) in [6, 6.07) is 15.7. The van der Waals surface area contributed by atoms with E-state index in [1.54, 1.807) is 7.11 Å². The summed E-state index contributed by atoms with van der Waals surface area (Å²) in [6.45, 7) is 0.633. The molecule has 0 aliphatic carbocycles. The summed E-state index contributed by atoms with van der Waals surface area (Å²) in [5, 5.41) is 10.6. The molecule has 0 fully saturated rings. The molecule has 0 aromatic heterocycles. The number of hydrogen-bond donors (Lipinski definition) is 0. The van der Waals surface area contributed by atoms with Crippen LogP contribution in [0.2, 0.25) is 0 Å². The van der Waals surface area contributed by atoms with Crippen LogP contribution in [-0.4, -0.2) is 57.3 Å². The number of ether oxygens (including phenoxy) is 3. The highest BCUT2D eigenvalue weighted by Gasteiger charge is 2.17. The van der Waals surface area contributed by atoms with E-state index < -0.39 is 18.0 Å². The van der Waals surface area contributed by atoms with Gasteiger partial charge in [-0.05, 0) is 62.7 Å². The second kappa shape index (κ2) is 12.6. The number of methoxy groups -OCH3 is 1. The maximum atomic E-state index is 11.9. The minimum absolute atomic E-state index is 0.172. The Kier molecular flexibility index (Phi) is 9.84. The Hall–Kier alpha value is -3.06. The van der Waals surface area contributed by atoms with Crippen LogP contribution in [-0.2, 0) is 27.2 Å². The number of esters is 1. The smallest absolute Gasteiger partial charge is 0.306 e. The van der Waals surface area contributed by atoms with Gasteiger partial charge in [-0.1, -0.05) is 30.3 Å². The molecule has 31 heavy (non-hydrogen) atoms. The van der Waals surface area contributed by atoms with E-state index in [2.05, 4.69) is 6.07 Å². The van der Waals surface area contributed by atoms with Crippen molar-refractivity contribution in [3.8, 4) is 11.5 Å². The molecule has 0 unspecified atom stereocenters. The van der Waals surface area contributed by atoms with E-state index in [1.807, 2.05) is 61.5 Å². The molecular formula is C24H30NO6-. The number of rotatable bonds is 13. The van der Waals surface area contributed by atoms with Gasteiger partial charge in [0.25, 0.3) is 0 Å². The number of carboxylic acid groups (broad SMARTS) is 1. The van der Waals surface area contributed by atoms with Crippen molar-refractivity contribution in [1.82, 2.24) is 4.90 Å². The van der Waals surface area contributed by atoms with E-state index >= 15 is 0 Å². The highest BCUT2D eigenvalue weighted by atomic mass is 16.6. The van der Waals surface area contributed by atoms with Crippen molar-refractivity contribution in [1.29, 1.82) is 0 Å². The molecule has 0 aliphatic heterocycles. The van der Waals surface area contributed by atoms with E-state index in [1.165, 1.54) is 5.56 Å². The molecule has 7 heteroatoms. The van der Waals surface area contributed by atoms with Gasteiger partial charge < -0.3 is 29.0 Å². The molecule has 0 bridgehead atoms. The van der Waals surface area contributed by atoms with E-state index in [4.69, 9.17) is 14.2 Å². The first-order chi connectivity index (χ1) is 14.9. The van der Waals surface area contributed by atoms with Gasteiger partial charge in [-0.15, -0.1) is 0 Å². The predicted molar refractivity (Wildman–Crippen MR) is 115 cm³/mol. The first-order valence-corrected chi connectivity index (χ1v) is 10.2. The van der Waals surface area contributed by atoms with Crippen LogP contribution in [0.5, 0.6) is 11.5 Å². The number of para-hydroxylation sites is 1. The van der Waals surface area contributed by atoms with Gasteiger partial charge in [0, 0.05) is 12.5 Å². The molecule has 0 radical (unpaired) electrons. The van der Waals surface area contributed by atoms with Gasteiger partial charge in [0.05, 0.1) is 13.5 Å². The molecule has 168 valence electrons. The summed E-state index contributed by atoms with van der Waals surface area (Å²) in [5.41, 5.74) is 2.22. The van der Waals surface area contributed by atoms with Crippen LogP contribution in [0, 0.1) is 0 Å². The average molecular weight is 429 g/mol. The lowest BCUT2D eigenvalue weighted by Crippen LogP contribution is -2.35. The van der Waals surface area contributed by atoms with E-state index in [9.17, 15) is 14.7 Å². The predicted octanol–water partition coefficient (Wildman–Crippen LogP) is 1.86. The fraction of sp³-hybridized carbons (Fsp3) is 0.417. The lowest BCUT2D eigenvalue weighted by molar-refractivity contribution is -0.305. The van der Waals surface area contributed by atoms with Gasteiger partial charge in [0.2, 0.25) is 0 Å². The summed E-state index contributed by atoms with van der Waals surface area (Å²) in [6.07, 6.45) is 0.519. The van der Waals surface area contributed by atoms with Gasteiger partial charge in [-0.2, -0.15) is 0 Å². The monoisotopic (exact) mass is 428 g/mol. The highest BCUT2D eigenvalue weighted by Crippen LogP contribution is 2.22. The molecule has 0 spiro atoms. The van der Waals surface area contributed by atoms with Crippen LogP contribution in [0.3, 0.4) is 0 Å². The van der Waals surface area contributed by atoms with Gasteiger partial charge in [-0.3, -0.25) is 4.79 Å². The Labute approximate surface area is 183 Å². The van der Waals surface area contributed by atoms with Crippen molar-refractivity contribution in [2.24, 2.45) is 0 Å². The van der Waals surface area contributed by atoms with Crippen molar-refractivity contribution in [2.45, 2.75) is 31.8 Å². The maximum absolute atomic E-state index is 11.9. The zero-order valence-electron chi connectivity index (χ0n) is 18.3. The van der Waals surface area contributed by atoms with E-state index in [0.717, 1.165) is 29.9 Å². The van der Waals surface area contributed by atoms with Crippen LogP contribution in [0.15, 0.2) is 48.5 Å². The van der Waals surface area contributed by atoms with Gasteiger partial charge in [0.1, 0.15) is 24.2 Å². The summed E-state index contributed by atoms with van der Waals surface area (Å²) in [4.78, 5) is 24.4. The zero-order chi connectivity index (χ0) is 22.6. The lowest BCUT2D eigenvalue weighted by atomic mass is 10.0. The topological polar surface area (TPSA) is 88.1 Å². The molecule has 2 aromatic rings. The number of likely N-dealkylation sites (N-methyl/N-ethyl adjacent to an activating group) is 1. The van der Waals surface area contributed by atoms with Crippen molar-refractivity contribution in [3.05, 3.63) is 59.7 Å². The molecule has 0 N–H and O–H groups in total. The number of nitrogens with zero attached hydrogens (tertiary/aromatic N) is 1. The van der Waals surface area contributed by atoms with E-state index in [-0.39, 0.29) is 19.4 Å². The van der Waals surface area contributed by atoms with Gasteiger partial charge in [0.15, 0.2) is 0 Å².